The Balaban J connectivity index is 1.62. The van der Waals surface area contributed by atoms with Crippen molar-refractivity contribution < 1.29 is 23.1 Å². The van der Waals surface area contributed by atoms with Crippen LogP contribution in [0.3, 0.4) is 0 Å². The Morgan fingerprint density at radius 2 is 1.71 bits per heavy atom. The molecule has 0 aliphatic carbocycles. The van der Waals surface area contributed by atoms with Gasteiger partial charge in [0, 0.05) is 11.1 Å². The van der Waals surface area contributed by atoms with Crippen molar-refractivity contribution >= 4 is 18.1 Å². The van der Waals surface area contributed by atoms with Gasteiger partial charge in [-0.05, 0) is 55.5 Å². The summed E-state index contributed by atoms with van der Waals surface area (Å²) in [5.74, 6) is -0.236. The van der Waals surface area contributed by atoms with Gasteiger partial charge in [-0.3, -0.25) is 4.79 Å². The van der Waals surface area contributed by atoms with Gasteiger partial charge in [0.25, 0.3) is 5.91 Å². The third-order valence-corrected chi connectivity index (χ3v) is 3.77. The molecule has 7 heteroatoms. The summed E-state index contributed by atoms with van der Waals surface area (Å²) >= 11 is 0. The molecule has 1 heterocycles. The van der Waals surface area contributed by atoms with Crippen molar-refractivity contribution in [3.8, 4) is 11.3 Å². The molecule has 2 aromatic carbocycles. The second-order valence-corrected chi connectivity index (χ2v) is 5.71. The lowest BCUT2D eigenvalue weighted by atomic mass is 10.1. The topological polar surface area (TPSA) is 80.9 Å². The standard InChI is InChI=1S/C21H17FN2O4/c1-2-27-21(26)16-5-3-14(4-6-16)19-12-11-18(28-19)13-23-24-20(25)15-7-9-17(22)10-8-15/h3-13H,2H2,1H3,(H,24,25)/b23-13+. The van der Waals surface area contributed by atoms with Gasteiger partial charge in [0.1, 0.15) is 17.3 Å². The predicted octanol–water partition coefficient (Wildman–Crippen LogP) is 4.03. The molecule has 0 atom stereocenters. The monoisotopic (exact) mass is 380 g/mol. The number of carbonyl (C=O) groups is 2. The van der Waals surface area contributed by atoms with Gasteiger partial charge in [0.05, 0.1) is 18.4 Å². The highest BCUT2D eigenvalue weighted by Crippen LogP contribution is 2.22. The summed E-state index contributed by atoms with van der Waals surface area (Å²) in [6, 6.07) is 15.4. The molecule has 6 nitrogen and oxygen atoms in total. The van der Waals surface area contributed by atoms with Gasteiger partial charge in [0.2, 0.25) is 0 Å². The van der Waals surface area contributed by atoms with Crippen molar-refractivity contribution in [1.82, 2.24) is 5.43 Å². The lowest BCUT2D eigenvalue weighted by Gasteiger charge is -2.02. The summed E-state index contributed by atoms with van der Waals surface area (Å²) in [6.07, 6.45) is 1.36. The van der Waals surface area contributed by atoms with Crippen molar-refractivity contribution in [2.45, 2.75) is 6.92 Å². The van der Waals surface area contributed by atoms with Crippen LogP contribution >= 0.6 is 0 Å². The number of hydrogen-bond acceptors (Lipinski definition) is 5. The second-order valence-electron chi connectivity index (χ2n) is 5.71. The lowest BCUT2D eigenvalue weighted by molar-refractivity contribution is 0.0526. The molecule has 0 saturated carbocycles. The number of benzene rings is 2. The molecule has 0 fully saturated rings. The summed E-state index contributed by atoms with van der Waals surface area (Å²) in [6.45, 7) is 2.07. The van der Waals surface area contributed by atoms with Crippen LogP contribution in [0.4, 0.5) is 4.39 Å². The molecule has 0 unspecified atom stereocenters. The molecule has 0 aliphatic heterocycles. The smallest absolute Gasteiger partial charge is 0.338 e. The molecular formula is C21H17FN2O4. The molecule has 0 bridgehead atoms. The van der Waals surface area contributed by atoms with E-state index in [1.165, 1.54) is 30.5 Å². The Labute approximate surface area is 160 Å². The van der Waals surface area contributed by atoms with Crippen LogP contribution < -0.4 is 5.43 Å². The molecule has 1 aromatic heterocycles. The van der Waals surface area contributed by atoms with Gasteiger partial charge in [-0.15, -0.1) is 0 Å². The normalized spacial score (nSPS) is 10.8. The van der Waals surface area contributed by atoms with E-state index in [9.17, 15) is 14.0 Å². The first-order valence-corrected chi connectivity index (χ1v) is 8.53. The largest absolute Gasteiger partial charge is 0.462 e. The van der Waals surface area contributed by atoms with E-state index in [1.54, 1.807) is 43.3 Å². The number of ether oxygens (including phenoxy) is 1. The minimum atomic E-state index is -0.461. The quantitative estimate of drug-likeness (QED) is 0.398. The number of amides is 1. The predicted molar refractivity (Wildman–Crippen MR) is 102 cm³/mol. The molecule has 1 N–H and O–H groups in total. The first-order valence-electron chi connectivity index (χ1n) is 8.53. The average Bonchev–Trinajstić information content (AvgIpc) is 3.17. The Bertz CT molecular complexity index is 992. The molecule has 28 heavy (non-hydrogen) atoms. The highest BCUT2D eigenvalue weighted by Gasteiger charge is 2.09. The van der Waals surface area contributed by atoms with Crippen LogP contribution in [0.2, 0.25) is 0 Å². The van der Waals surface area contributed by atoms with Crippen molar-refractivity contribution in [3.05, 3.63) is 83.4 Å². The Morgan fingerprint density at radius 1 is 1.04 bits per heavy atom. The van der Waals surface area contributed by atoms with E-state index in [-0.39, 0.29) is 5.97 Å². The third-order valence-electron chi connectivity index (χ3n) is 3.77. The van der Waals surface area contributed by atoms with Crippen LogP contribution in [0.5, 0.6) is 0 Å². The number of halogens is 1. The average molecular weight is 380 g/mol. The van der Waals surface area contributed by atoms with Crippen molar-refractivity contribution in [3.63, 3.8) is 0 Å². The number of nitrogens with one attached hydrogen (secondary N) is 1. The summed E-state index contributed by atoms with van der Waals surface area (Å²) in [7, 11) is 0. The molecule has 0 radical (unpaired) electrons. The number of hydrogen-bond donors (Lipinski definition) is 1. The Morgan fingerprint density at radius 3 is 2.39 bits per heavy atom. The highest BCUT2D eigenvalue weighted by atomic mass is 19.1. The van der Waals surface area contributed by atoms with E-state index in [4.69, 9.17) is 9.15 Å². The summed E-state index contributed by atoms with van der Waals surface area (Å²) in [5.41, 5.74) is 3.88. The molecule has 142 valence electrons. The number of rotatable bonds is 6. The first kappa shape index (κ1) is 19.0. The Kier molecular flexibility index (Phi) is 5.96. The van der Waals surface area contributed by atoms with Crippen LogP contribution in [-0.4, -0.2) is 24.7 Å². The zero-order valence-electron chi connectivity index (χ0n) is 15.0. The van der Waals surface area contributed by atoms with Gasteiger partial charge in [0.15, 0.2) is 0 Å². The van der Waals surface area contributed by atoms with Crippen LogP contribution in [0, 0.1) is 5.82 Å². The summed E-state index contributed by atoms with van der Waals surface area (Å²) < 4.78 is 23.5. The van der Waals surface area contributed by atoms with Crippen LogP contribution in [0.25, 0.3) is 11.3 Å². The molecule has 0 spiro atoms. The van der Waals surface area contributed by atoms with E-state index in [0.717, 1.165) is 5.56 Å². The van der Waals surface area contributed by atoms with E-state index in [0.29, 0.717) is 29.3 Å². The van der Waals surface area contributed by atoms with E-state index >= 15 is 0 Å². The zero-order valence-corrected chi connectivity index (χ0v) is 15.0. The van der Waals surface area contributed by atoms with Gasteiger partial charge in [-0.25, -0.2) is 14.6 Å². The highest BCUT2D eigenvalue weighted by molar-refractivity contribution is 5.94. The SMILES string of the molecule is CCOC(=O)c1ccc(-c2ccc(/C=N/NC(=O)c3ccc(F)cc3)o2)cc1. The summed E-state index contributed by atoms with van der Waals surface area (Å²) in [4.78, 5) is 23.6. The number of nitrogens with zero attached hydrogens (tertiary/aromatic N) is 1. The lowest BCUT2D eigenvalue weighted by Crippen LogP contribution is -2.17. The number of carbonyl (C=O) groups excluding carboxylic acids is 2. The van der Waals surface area contributed by atoms with Gasteiger partial charge >= 0.3 is 5.97 Å². The maximum absolute atomic E-state index is 12.9. The van der Waals surface area contributed by atoms with Gasteiger partial charge < -0.3 is 9.15 Å². The molecular weight excluding hydrogens is 363 g/mol. The molecule has 3 aromatic rings. The minimum absolute atomic E-state index is 0.292. The van der Waals surface area contributed by atoms with Crippen LogP contribution in [0.1, 0.15) is 33.4 Å². The van der Waals surface area contributed by atoms with E-state index in [1.807, 2.05) is 0 Å². The number of esters is 1. The van der Waals surface area contributed by atoms with Gasteiger partial charge in [-0.2, -0.15) is 5.10 Å². The van der Waals surface area contributed by atoms with Crippen LogP contribution in [0.15, 0.2) is 70.2 Å². The van der Waals surface area contributed by atoms with Gasteiger partial charge in [-0.1, -0.05) is 12.1 Å². The maximum atomic E-state index is 12.9. The van der Waals surface area contributed by atoms with E-state index in [2.05, 4.69) is 10.5 Å². The zero-order chi connectivity index (χ0) is 19.9. The van der Waals surface area contributed by atoms with Crippen molar-refractivity contribution in [2.24, 2.45) is 5.10 Å². The molecule has 0 saturated heterocycles. The molecule has 3 rings (SSSR count). The maximum Gasteiger partial charge on any atom is 0.338 e. The Hall–Kier alpha value is -3.74. The minimum Gasteiger partial charge on any atom is -0.462 e. The number of furan rings is 1. The third kappa shape index (κ3) is 4.70. The summed E-state index contributed by atoms with van der Waals surface area (Å²) in [5, 5.41) is 3.83. The first-order chi connectivity index (χ1) is 13.6. The fourth-order valence-corrected chi connectivity index (χ4v) is 2.38. The van der Waals surface area contributed by atoms with Crippen LogP contribution in [-0.2, 0) is 4.74 Å². The van der Waals surface area contributed by atoms with Crippen molar-refractivity contribution in [2.75, 3.05) is 6.61 Å². The second kappa shape index (κ2) is 8.77. The molecule has 0 aliphatic rings. The number of hydrazone groups is 1. The van der Waals surface area contributed by atoms with E-state index < -0.39 is 11.7 Å². The molecule has 1 amide bonds. The van der Waals surface area contributed by atoms with Crippen molar-refractivity contribution in [1.29, 1.82) is 0 Å². The fraction of sp³-hybridized carbons (Fsp3) is 0.0952. The fourth-order valence-electron chi connectivity index (χ4n) is 2.38.